The van der Waals surface area contributed by atoms with Gasteiger partial charge >= 0.3 is 0 Å². The molecule has 0 bridgehead atoms. The molecule has 6 nitrogen and oxygen atoms in total. The van der Waals surface area contributed by atoms with Crippen LogP contribution >= 0.6 is 0 Å². The molecule has 0 saturated carbocycles. The molecule has 2 aromatic rings. The SMILES string of the molecule is CC(=O)N1CCC(Nc2n[nH]c3nc(C)cc(C)c23)CC1. The summed E-state index contributed by atoms with van der Waals surface area (Å²) in [7, 11) is 0. The molecular formula is C15H21N5O. The molecule has 1 fully saturated rings. The third kappa shape index (κ3) is 2.70. The molecule has 3 rings (SSSR count). The number of aromatic nitrogens is 3. The number of hydrogen-bond donors (Lipinski definition) is 2. The Balaban J connectivity index is 1.76. The van der Waals surface area contributed by atoms with Crippen LogP contribution in [0.5, 0.6) is 0 Å². The lowest BCUT2D eigenvalue weighted by atomic mass is 10.0. The molecule has 21 heavy (non-hydrogen) atoms. The number of H-pyrrole nitrogens is 1. The number of aromatic amines is 1. The zero-order valence-corrected chi connectivity index (χ0v) is 12.7. The fourth-order valence-electron chi connectivity index (χ4n) is 3.02. The second-order valence-corrected chi connectivity index (χ2v) is 5.80. The van der Waals surface area contributed by atoms with Gasteiger partial charge in [-0.25, -0.2) is 4.98 Å². The number of piperidine rings is 1. The molecule has 1 aliphatic heterocycles. The number of aryl methyl sites for hydroxylation is 2. The van der Waals surface area contributed by atoms with Gasteiger partial charge in [-0.05, 0) is 38.3 Å². The third-order valence-corrected chi connectivity index (χ3v) is 4.14. The number of anilines is 1. The van der Waals surface area contributed by atoms with Crippen molar-refractivity contribution in [3.8, 4) is 0 Å². The van der Waals surface area contributed by atoms with Gasteiger partial charge in [0, 0.05) is 31.7 Å². The van der Waals surface area contributed by atoms with Crippen LogP contribution in [0.4, 0.5) is 5.82 Å². The summed E-state index contributed by atoms with van der Waals surface area (Å²) in [5.74, 6) is 1.03. The Bertz CT molecular complexity index is 670. The Hall–Kier alpha value is -2.11. The summed E-state index contributed by atoms with van der Waals surface area (Å²) >= 11 is 0. The van der Waals surface area contributed by atoms with Gasteiger partial charge < -0.3 is 10.2 Å². The van der Waals surface area contributed by atoms with Crippen LogP contribution in [-0.2, 0) is 4.79 Å². The average Bonchev–Trinajstić information content (AvgIpc) is 2.82. The summed E-state index contributed by atoms with van der Waals surface area (Å²) in [6.07, 6.45) is 1.90. The van der Waals surface area contributed by atoms with Crippen LogP contribution in [0.25, 0.3) is 11.0 Å². The lowest BCUT2D eigenvalue weighted by molar-refractivity contribution is -0.129. The minimum absolute atomic E-state index is 0.161. The van der Waals surface area contributed by atoms with E-state index in [1.165, 1.54) is 5.56 Å². The number of fused-ring (bicyclic) bond motifs is 1. The third-order valence-electron chi connectivity index (χ3n) is 4.14. The van der Waals surface area contributed by atoms with Crippen LogP contribution in [0.2, 0.25) is 0 Å². The number of likely N-dealkylation sites (tertiary alicyclic amines) is 1. The second kappa shape index (κ2) is 5.35. The largest absolute Gasteiger partial charge is 0.365 e. The van der Waals surface area contributed by atoms with Gasteiger partial charge in [0.15, 0.2) is 11.5 Å². The van der Waals surface area contributed by atoms with Crippen LogP contribution < -0.4 is 5.32 Å². The summed E-state index contributed by atoms with van der Waals surface area (Å²) in [5.41, 5.74) is 3.00. The van der Waals surface area contributed by atoms with Crippen molar-refractivity contribution >= 4 is 22.8 Å². The van der Waals surface area contributed by atoms with Crippen molar-refractivity contribution in [1.29, 1.82) is 0 Å². The topological polar surface area (TPSA) is 73.9 Å². The molecule has 1 amide bonds. The maximum absolute atomic E-state index is 11.4. The number of carbonyl (C=O) groups excluding carboxylic acids is 1. The molecule has 2 aromatic heterocycles. The van der Waals surface area contributed by atoms with Crippen molar-refractivity contribution in [2.45, 2.75) is 39.7 Å². The van der Waals surface area contributed by atoms with E-state index < -0.39 is 0 Å². The Morgan fingerprint density at radius 1 is 1.38 bits per heavy atom. The molecule has 0 aromatic carbocycles. The molecule has 3 heterocycles. The zero-order valence-electron chi connectivity index (χ0n) is 12.7. The van der Waals surface area contributed by atoms with Crippen LogP contribution in [0.15, 0.2) is 6.07 Å². The van der Waals surface area contributed by atoms with Gasteiger partial charge in [0.25, 0.3) is 0 Å². The quantitative estimate of drug-likeness (QED) is 0.886. The van der Waals surface area contributed by atoms with E-state index in [9.17, 15) is 4.79 Å². The highest BCUT2D eigenvalue weighted by molar-refractivity contribution is 5.90. The van der Waals surface area contributed by atoms with E-state index in [4.69, 9.17) is 0 Å². The van der Waals surface area contributed by atoms with Crippen LogP contribution in [0, 0.1) is 13.8 Å². The number of rotatable bonds is 2. The van der Waals surface area contributed by atoms with Crippen molar-refractivity contribution in [3.05, 3.63) is 17.3 Å². The molecule has 0 atom stereocenters. The first-order valence-electron chi connectivity index (χ1n) is 7.39. The van der Waals surface area contributed by atoms with Crippen LogP contribution in [-0.4, -0.2) is 45.1 Å². The van der Waals surface area contributed by atoms with Gasteiger partial charge in [0.05, 0.1) is 5.39 Å². The highest BCUT2D eigenvalue weighted by atomic mass is 16.2. The summed E-state index contributed by atoms with van der Waals surface area (Å²) < 4.78 is 0. The van der Waals surface area contributed by atoms with E-state index in [-0.39, 0.29) is 5.91 Å². The van der Waals surface area contributed by atoms with Crippen molar-refractivity contribution < 1.29 is 4.79 Å². The minimum Gasteiger partial charge on any atom is -0.365 e. The van der Waals surface area contributed by atoms with Crippen molar-refractivity contribution in [1.82, 2.24) is 20.1 Å². The number of amides is 1. The standard InChI is InChI=1S/C15H21N5O/c1-9-8-10(2)16-14-13(9)15(19-18-14)17-12-4-6-20(7-5-12)11(3)21/h8,12H,4-7H2,1-3H3,(H2,16,17,18,19). The number of carbonyl (C=O) groups is 1. The second-order valence-electron chi connectivity index (χ2n) is 5.80. The maximum Gasteiger partial charge on any atom is 0.219 e. The first-order chi connectivity index (χ1) is 10.0. The predicted octanol–water partition coefficient (Wildman–Crippen LogP) is 2.00. The van der Waals surface area contributed by atoms with Gasteiger partial charge in [0.2, 0.25) is 5.91 Å². The Labute approximate surface area is 123 Å². The minimum atomic E-state index is 0.161. The summed E-state index contributed by atoms with van der Waals surface area (Å²) in [4.78, 5) is 17.7. The van der Waals surface area contributed by atoms with Crippen molar-refractivity contribution in [2.24, 2.45) is 0 Å². The molecule has 6 heteroatoms. The lowest BCUT2D eigenvalue weighted by Crippen LogP contribution is -2.41. The van der Waals surface area contributed by atoms with E-state index in [1.54, 1.807) is 6.92 Å². The summed E-state index contributed by atoms with van der Waals surface area (Å²) in [5, 5.41) is 11.9. The molecule has 1 saturated heterocycles. The zero-order chi connectivity index (χ0) is 15.0. The van der Waals surface area contributed by atoms with Crippen LogP contribution in [0.3, 0.4) is 0 Å². The molecule has 0 aliphatic carbocycles. The number of nitrogens with zero attached hydrogens (tertiary/aromatic N) is 3. The average molecular weight is 287 g/mol. The van der Waals surface area contributed by atoms with Crippen molar-refractivity contribution in [2.75, 3.05) is 18.4 Å². The van der Waals surface area contributed by atoms with Crippen molar-refractivity contribution in [3.63, 3.8) is 0 Å². The fraction of sp³-hybridized carbons (Fsp3) is 0.533. The Morgan fingerprint density at radius 3 is 2.76 bits per heavy atom. The van der Waals surface area contributed by atoms with Gasteiger partial charge in [-0.3, -0.25) is 9.89 Å². The summed E-state index contributed by atoms with van der Waals surface area (Å²) in [6, 6.07) is 2.43. The lowest BCUT2D eigenvalue weighted by Gasteiger charge is -2.31. The van der Waals surface area contributed by atoms with Crippen LogP contribution in [0.1, 0.15) is 31.0 Å². The highest BCUT2D eigenvalue weighted by Crippen LogP contribution is 2.25. The monoisotopic (exact) mass is 287 g/mol. The Kier molecular flexibility index (Phi) is 3.53. The highest BCUT2D eigenvalue weighted by Gasteiger charge is 2.22. The molecule has 2 N–H and O–H groups in total. The van der Waals surface area contributed by atoms with E-state index >= 15 is 0 Å². The number of pyridine rings is 1. The number of hydrogen-bond acceptors (Lipinski definition) is 4. The first-order valence-corrected chi connectivity index (χ1v) is 7.39. The van der Waals surface area contributed by atoms with E-state index in [1.807, 2.05) is 11.8 Å². The molecule has 0 unspecified atom stereocenters. The van der Waals surface area contributed by atoms with E-state index in [0.29, 0.717) is 6.04 Å². The molecule has 112 valence electrons. The maximum atomic E-state index is 11.4. The Morgan fingerprint density at radius 2 is 2.10 bits per heavy atom. The van der Waals surface area contributed by atoms with Gasteiger partial charge in [0.1, 0.15) is 0 Å². The smallest absolute Gasteiger partial charge is 0.219 e. The fourth-order valence-corrected chi connectivity index (χ4v) is 3.02. The molecular weight excluding hydrogens is 266 g/mol. The van der Waals surface area contributed by atoms with Gasteiger partial charge in [-0.2, -0.15) is 5.10 Å². The molecule has 1 aliphatic rings. The van der Waals surface area contributed by atoms with E-state index in [0.717, 1.165) is 48.5 Å². The normalized spacial score (nSPS) is 16.4. The summed E-state index contributed by atoms with van der Waals surface area (Å²) in [6.45, 7) is 7.32. The molecule has 0 radical (unpaired) electrons. The first kappa shape index (κ1) is 13.9. The molecule has 0 spiro atoms. The van der Waals surface area contributed by atoms with Gasteiger partial charge in [-0.15, -0.1) is 0 Å². The number of nitrogens with one attached hydrogen (secondary N) is 2. The predicted molar refractivity (Wildman–Crippen MR) is 82.3 cm³/mol. The van der Waals surface area contributed by atoms with Gasteiger partial charge in [-0.1, -0.05) is 0 Å². The van der Waals surface area contributed by atoms with E-state index in [2.05, 4.69) is 33.5 Å².